The molecule has 1 unspecified atom stereocenters. The highest BCUT2D eigenvalue weighted by Crippen LogP contribution is 2.18. The van der Waals surface area contributed by atoms with Gasteiger partial charge in [-0.2, -0.15) is 5.26 Å². The number of benzene rings is 1. The van der Waals surface area contributed by atoms with Gasteiger partial charge in [-0.25, -0.2) is 0 Å². The lowest BCUT2D eigenvalue weighted by molar-refractivity contribution is 0.465. The number of nitriles is 1. The maximum absolute atomic E-state index is 9.35. The van der Waals surface area contributed by atoms with Crippen molar-refractivity contribution in [3.63, 3.8) is 0 Å². The molecule has 2 heteroatoms. The van der Waals surface area contributed by atoms with Crippen LogP contribution >= 0.6 is 0 Å². The van der Waals surface area contributed by atoms with E-state index < -0.39 is 0 Å². The molecular weight excluding hydrogens is 150 g/mol. The molecule has 0 radical (unpaired) electrons. The summed E-state index contributed by atoms with van der Waals surface area (Å²) in [5.41, 5.74) is 0.839. The third-order valence-corrected chi connectivity index (χ3v) is 1.74. The molecule has 62 valence electrons. The summed E-state index contributed by atoms with van der Waals surface area (Å²) in [4.78, 5) is 0. The zero-order chi connectivity index (χ0) is 8.97. The first kappa shape index (κ1) is 8.61. The number of aromatic hydroxyl groups is 1. The molecule has 0 fully saturated rings. The van der Waals surface area contributed by atoms with E-state index in [0.29, 0.717) is 6.42 Å². The van der Waals surface area contributed by atoms with Gasteiger partial charge in [0.25, 0.3) is 0 Å². The van der Waals surface area contributed by atoms with Crippen LogP contribution in [0.15, 0.2) is 24.3 Å². The molecule has 0 heterocycles. The molecule has 0 bridgehead atoms. The van der Waals surface area contributed by atoms with Gasteiger partial charge in [0, 0.05) is 5.92 Å². The number of phenolic OH excluding ortho intramolecular Hbond substituents is 1. The van der Waals surface area contributed by atoms with Crippen molar-refractivity contribution >= 4 is 0 Å². The molecule has 2 nitrogen and oxygen atoms in total. The highest BCUT2D eigenvalue weighted by Gasteiger charge is 2.04. The van der Waals surface area contributed by atoms with E-state index in [4.69, 9.17) is 5.26 Å². The molecule has 1 aromatic carbocycles. The number of nitrogens with zero attached hydrogens (tertiary/aromatic N) is 1. The van der Waals surface area contributed by atoms with Crippen LogP contribution in [-0.4, -0.2) is 5.11 Å². The molecule has 0 aromatic heterocycles. The minimum atomic E-state index is -0.0432. The molecule has 1 aromatic rings. The van der Waals surface area contributed by atoms with Crippen LogP contribution in [0.3, 0.4) is 0 Å². The molecule has 0 saturated heterocycles. The van der Waals surface area contributed by atoms with Gasteiger partial charge in [0.2, 0.25) is 0 Å². The third kappa shape index (κ3) is 2.00. The summed E-state index contributed by atoms with van der Waals surface area (Å²) in [6, 6.07) is 9.24. The van der Waals surface area contributed by atoms with Crippen LogP contribution in [0, 0.1) is 17.2 Å². The van der Waals surface area contributed by atoms with E-state index >= 15 is 0 Å². The molecule has 0 saturated carbocycles. The van der Waals surface area contributed by atoms with E-state index in [-0.39, 0.29) is 11.7 Å². The molecule has 0 aliphatic rings. The van der Waals surface area contributed by atoms with Crippen molar-refractivity contribution in [2.45, 2.75) is 13.3 Å². The second-order valence-corrected chi connectivity index (χ2v) is 2.86. The van der Waals surface area contributed by atoms with Crippen molar-refractivity contribution in [2.24, 2.45) is 5.92 Å². The van der Waals surface area contributed by atoms with E-state index in [1.54, 1.807) is 12.1 Å². The van der Waals surface area contributed by atoms with Gasteiger partial charge in [0.05, 0.1) is 6.07 Å². The summed E-state index contributed by atoms with van der Waals surface area (Å²) in [5.74, 6) is 0.234. The van der Waals surface area contributed by atoms with Crippen molar-refractivity contribution in [3.8, 4) is 11.8 Å². The first-order valence-electron chi connectivity index (χ1n) is 3.90. The predicted molar refractivity (Wildman–Crippen MR) is 46.6 cm³/mol. The fraction of sp³-hybridized carbons (Fsp3) is 0.300. The summed E-state index contributed by atoms with van der Waals surface area (Å²) >= 11 is 0. The fourth-order valence-electron chi connectivity index (χ4n) is 1.06. The Morgan fingerprint density at radius 3 is 2.75 bits per heavy atom. The molecule has 0 aliphatic carbocycles. The van der Waals surface area contributed by atoms with Crippen LogP contribution in [0.2, 0.25) is 0 Å². The standard InChI is InChI=1S/C10H11NO/c1-8(7-11)6-9-4-2-3-5-10(9)12/h2-5,8,12H,6H2,1H3. The normalized spacial score (nSPS) is 12.0. The Kier molecular flexibility index (Phi) is 2.71. The summed E-state index contributed by atoms with van der Waals surface area (Å²) in [6.07, 6.45) is 0.614. The van der Waals surface area contributed by atoms with Gasteiger partial charge in [-0.15, -0.1) is 0 Å². The van der Waals surface area contributed by atoms with Gasteiger partial charge >= 0.3 is 0 Å². The second-order valence-electron chi connectivity index (χ2n) is 2.86. The summed E-state index contributed by atoms with van der Waals surface area (Å²) in [6.45, 7) is 1.84. The summed E-state index contributed by atoms with van der Waals surface area (Å²) < 4.78 is 0. The van der Waals surface area contributed by atoms with Gasteiger partial charge in [0.15, 0.2) is 0 Å². The Balaban J connectivity index is 2.77. The van der Waals surface area contributed by atoms with Gasteiger partial charge in [-0.1, -0.05) is 18.2 Å². The van der Waals surface area contributed by atoms with Crippen molar-refractivity contribution in [1.82, 2.24) is 0 Å². The summed E-state index contributed by atoms with van der Waals surface area (Å²) in [7, 11) is 0. The molecule has 0 spiro atoms. The highest BCUT2D eigenvalue weighted by molar-refractivity contribution is 5.32. The SMILES string of the molecule is CC(C#N)Cc1ccccc1O. The Morgan fingerprint density at radius 1 is 1.50 bits per heavy atom. The number of phenols is 1. The minimum absolute atomic E-state index is 0.0432. The average Bonchev–Trinajstić information content (AvgIpc) is 2.09. The van der Waals surface area contributed by atoms with Crippen LogP contribution in [0.4, 0.5) is 0 Å². The molecule has 0 aliphatic heterocycles. The van der Waals surface area contributed by atoms with Crippen LogP contribution in [-0.2, 0) is 6.42 Å². The number of hydrogen-bond donors (Lipinski definition) is 1. The van der Waals surface area contributed by atoms with Crippen LogP contribution in [0.5, 0.6) is 5.75 Å². The smallest absolute Gasteiger partial charge is 0.118 e. The molecular formula is C10H11NO. The van der Waals surface area contributed by atoms with E-state index in [2.05, 4.69) is 6.07 Å². The first-order valence-corrected chi connectivity index (χ1v) is 3.90. The maximum Gasteiger partial charge on any atom is 0.118 e. The number of para-hydroxylation sites is 1. The third-order valence-electron chi connectivity index (χ3n) is 1.74. The lowest BCUT2D eigenvalue weighted by Gasteiger charge is -2.04. The maximum atomic E-state index is 9.35. The number of rotatable bonds is 2. The van der Waals surface area contributed by atoms with Crippen LogP contribution in [0.25, 0.3) is 0 Å². The molecule has 1 rings (SSSR count). The van der Waals surface area contributed by atoms with Gasteiger partial charge in [0.1, 0.15) is 5.75 Å². The monoisotopic (exact) mass is 161 g/mol. The molecule has 12 heavy (non-hydrogen) atoms. The average molecular weight is 161 g/mol. The molecule has 1 atom stereocenters. The van der Waals surface area contributed by atoms with Crippen molar-refractivity contribution in [3.05, 3.63) is 29.8 Å². The Labute approximate surface area is 72.1 Å². The number of hydrogen-bond acceptors (Lipinski definition) is 2. The predicted octanol–water partition coefficient (Wildman–Crippen LogP) is 2.09. The lowest BCUT2D eigenvalue weighted by Crippen LogP contribution is -1.95. The van der Waals surface area contributed by atoms with E-state index in [1.807, 2.05) is 19.1 Å². The van der Waals surface area contributed by atoms with Gasteiger partial charge in [-0.3, -0.25) is 0 Å². The van der Waals surface area contributed by atoms with Crippen molar-refractivity contribution < 1.29 is 5.11 Å². The topological polar surface area (TPSA) is 44.0 Å². The molecule has 0 amide bonds. The fourth-order valence-corrected chi connectivity index (χ4v) is 1.06. The minimum Gasteiger partial charge on any atom is -0.508 e. The quantitative estimate of drug-likeness (QED) is 0.721. The van der Waals surface area contributed by atoms with Crippen molar-refractivity contribution in [2.75, 3.05) is 0 Å². The van der Waals surface area contributed by atoms with Crippen LogP contribution in [0.1, 0.15) is 12.5 Å². The zero-order valence-electron chi connectivity index (χ0n) is 6.99. The highest BCUT2D eigenvalue weighted by atomic mass is 16.3. The van der Waals surface area contributed by atoms with E-state index in [9.17, 15) is 5.11 Å². The van der Waals surface area contributed by atoms with Crippen LogP contribution < -0.4 is 0 Å². The Bertz CT molecular complexity index is 301. The van der Waals surface area contributed by atoms with Gasteiger partial charge < -0.3 is 5.11 Å². The Morgan fingerprint density at radius 2 is 2.17 bits per heavy atom. The second kappa shape index (κ2) is 3.77. The Hall–Kier alpha value is -1.49. The summed E-state index contributed by atoms with van der Waals surface area (Å²) in [5, 5.41) is 17.9. The zero-order valence-corrected chi connectivity index (χ0v) is 6.99. The first-order chi connectivity index (χ1) is 5.74. The van der Waals surface area contributed by atoms with Crippen molar-refractivity contribution in [1.29, 1.82) is 5.26 Å². The lowest BCUT2D eigenvalue weighted by atomic mass is 10.0. The largest absolute Gasteiger partial charge is 0.508 e. The van der Waals surface area contributed by atoms with E-state index in [1.165, 1.54) is 0 Å². The van der Waals surface area contributed by atoms with Gasteiger partial charge in [-0.05, 0) is 25.0 Å². The molecule has 1 N–H and O–H groups in total. The van der Waals surface area contributed by atoms with E-state index in [0.717, 1.165) is 5.56 Å².